The molecule has 1 fully saturated rings. The predicted octanol–water partition coefficient (Wildman–Crippen LogP) is 4.11. The van der Waals surface area contributed by atoms with E-state index in [1.54, 1.807) is 11.0 Å². The molecule has 1 unspecified atom stereocenters. The van der Waals surface area contributed by atoms with Crippen molar-refractivity contribution in [3.63, 3.8) is 0 Å². The summed E-state index contributed by atoms with van der Waals surface area (Å²) in [7, 11) is 0. The number of carboxylic acid groups (broad SMARTS) is 1. The Labute approximate surface area is 191 Å². The van der Waals surface area contributed by atoms with Gasteiger partial charge in [0.2, 0.25) is 11.8 Å². The lowest BCUT2D eigenvalue weighted by Crippen LogP contribution is -2.35. The summed E-state index contributed by atoms with van der Waals surface area (Å²) in [6.45, 7) is 4.54. The van der Waals surface area contributed by atoms with E-state index in [-0.39, 0.29) is 24.7 Å². The molecule has 32 heavy (non-hydrogen) atoms. The van der Waals surface area contributed by atoms with E-state index in [2.05, 4.69) is 11.9 Å². The summed E-state index contributed by atoms with van der Waals surface area (Å²) in [6.07, 6.45) is 3.89. The van der Waals surface area contributed by atoms with E-state index in [1.807, 2.05) is 42.5 Å². The Hall–Kier alpha value is -3.13. The molecule has 0 spiro atoms. The smallest absolute Gasteiger partial charge is 0.303 e. The highest BCUT2D eigenvalue weighted by molar-refractivity contribution is 8.15. The molecule has 1 saturated heterocycles. The van der Waals surface area contributed by atoms with Crippen molar-refractivity contribution in [2.75, 3.05) is 13.1 Å². The number of nitrogens with one attached hydrogen (secondary N) is 1. The zero-order valence-electron chi connectivity index (χ0n) is 17.8. The molecule has 8 heteroatoms. The molecule has 1 heterocycles. The summed E-state index contributed by atoms with van der Waals surface area (Å²) in [6, 6.07) is 13.8. The second-order valence-electron chi connectivity index (χ2n) is 7.50. The van der Waals surface area contributed by atoms with Crippen LogP contribution in [0.3, 0.4) is 0 Å². The van der Waals surface area contributed by atoms with Crippen LogP contribution in [0.2, 0.25) is 0 Å². The van der Waals surface area contributed by atoms with Gasteiger partial charge in [-0.2, -0.15) is 0 Å². The molecule has 7 nitrogen and oxygen atoms in total. The first-order valence-corrected chi connectivity index (χ1v) is 11.5. The quantitative estimate of drug-likeness (QED) is 0.394. The zero-order valence-corrected chi connectivity index (χ0v) is 18.6. The first kappa shape index (κ1) is 23.5. The van der Waals surface area contributed by atoms with Gasteiger partial charge in [-0.3, -0.25) is 19.3 Å². The third-order valence-electron chi connectivity index (χ3n) is 5.07. The number of hydrogen-bond donors (Lipinski definition) is 2. The average molecular weight is 454 g/mol. The van der Waals surface area contributed by atoms with Crippen LogP contribution < -0.4 is 5.32 Å². The zero-order chi connectivity index (χ0) is 22.9. The van der Waals surface area contributed by atoms with Gasteiger partial charge in [-0.1, -0.05) is 60.7 Å². The van der Waals surface area contributed by atoms with E-state index >= 15 is 0 Å². The molecule has 2 aromatic carbocycles. The lowest BCUT2D eigenvalue weighted by atomic mass is 10.1. The number of unbranched alkanes of at least 4 members (excludes halogenated alkanes) is 2. The van der Waals surface area contributed by atoms with Crippen LogP contribution in [0.4, 0.5) is 5.69 Å². The molecule has 0 radical (unpaired) electrons. The maximum Gasteiger partial charge on any atom is 0.303 e. The summed E-state index contributed by atoms with van der Waals surface area (Å²) in [4.78, 5) is 42.1. The van der Waals surface area contributed by atoms with Gasteiger partial charge in [0, 0.05) is 31.3 Å². The Balaban J connectivity index is 1.63. The number of rotatable bonds is 11. The van der Waals surface area contributed by atoms with Crippen LogP contribution in [0.25, 0.3) is 10.8 Å². The van der Waals surface area contributed by atoms with Crippen LogP contribution in [-0.2, 0) is 14.4 Å². The number of amides is 2. The van der Waals surface area contributed by atoms with E-state index in [9.17, 15) is 14.4 Å². The van der Waals surface area contributed by atoms with Gasteiger partial charge in [0.1, 0.15) is 5.25 Å². The minimum atomic E-state index is -0.809. The minimum absolute atomic E-state index is 0.0703. The molecule has 1 aliphatic heterocycles. The summed E-state index contributed by atoms with van der Waals surface area (Å²) < 4.78 is 0. The number of aliphatic carboxylic acids is 1. The largest absolute Gasteiger partial charge is 0.481 e. The Bertz CT molecular complexity index is 1030. The maximum absolute atomic E-state index is 12.9. The molecule has 2 aromatic rings. The van der Waals surface area contributed by atoms with Gasteiger partial charge in [0.05, 0.1) is 5.69 Å². The number of amidine groups is 1. The molecule has 0 bridgehead atoms. The summed E-state index contributed by atoms with van der Waals surface area (Å²) >= 11 is 1.30. The normalized spacial score (nSPS) is 17.1. The van der Waals surface area contributed by atoms with Crippen LogP contribution in [0.5, 0.6) is 0 Å². The van der Waals surface area contributed by atoms with Crippen molar-refractivity contribution in [1.29, 1.82) is 0 Å². The van der Waals surface area contributed by atoms with Crippen molar-refractivity contribution < 1.29 is 19.5 Å². The molecular formula is C24H27N3O4S. The Kier molecular flexibility index (Phi) is 8.44. The number of carbonyl (C=O) groups excluding carboxylic acids is 2. The molecule has 1 aliphatic rings. The highest BCUT2D eigenvalue weighted by Gasteiger charge is 2.38. The monoisotopic (exact) mass is 453 g/mol. The molecule has 0 aliphatic carbocycles. The average Bonchev–Trinajstić information content (AvgIpc) is 3.05. The fraction of sp³-hybridized carbons (Fsp3) is 0.333. The number of aliphatic imine (C=N–C) groups is 1. The first-order valence-electron chi connectivity index (χ1n) is 10.6. The third-order valence-corrected chi connectivity index (χ3v) is 6.25. The topological polar surface area (TPSA) is 99.1 Å². The SMILES string of the molecule is C=CCN1C(=O)C(CC(=O)NCCCCCC(=O)O)SC1=Nc1cccc2ccccc12. The van der Waals surface area contributed by atoms with Crippen molar-refractivity contribution in [1.82, 2.24) is 10.2 Å². The van der Waals surface area contributed by atoms with Gasteiger partial charge in [-0.15, -0.1) is 6.58 Å². The van der Waals surface area contributed by atoms with Crippen LogP contribution in [0.1, 0.15) is 32.1 Å². The maximum atomic E-state index is 12.9. The number of carbonyl (C=O) groups is 3. The van der Waals surface area contributed by atoms with E-state index in [1.165, 1.54) is 11.8 Å². The van der Waals surface area contributed by atoms with Crippen LogP contribution in [0.15, 0.2) is 60.1 Å². The molecule has 2 amide bonds. The van der Waals surface area contributed by atoms with Gasteiger partial charge < -0.3 is 10.4 Å². The Morgan fingerprint density at radius 3 is 2.72 bits per heavy atom. The van der Waals surface area contributed by atoms with Crippen LogP contribution in [0, 0.1) is 0 Å². The highest BCUT2D eigenvalue weighted by Crippen LogP contribution is 2.33. The van der Waals surface area contributed by atoms with Crippen molar-refractivity contribution in [3.05, 3.63) is 55.1 Å². The minimum Gasteiger partial charge on any atom is -0.481 e. The van der Waals surface area contributed by atoms with Crippen molar-refractivity contribution in [2.45, 2.75) is 37.4 Å². The Morgan fingerprint density at radius 1 is 1.16 bits per heavy atom. The fourth-order valence-electron chi connectivity index (χ4n) is 3.48. The fourth-order valence-corrected chi connectivity index (χ4v) is 4.64. The predicted molar refractivity (Wildman–Crippen MR) is 128 cm³/mol. The molecule has 3 rings (SSSR count). The Morgan fingerprint density at radius 2 is 1.94 bits per heavy atom. The van der Waals surface area contributed by atoms with E-state index < -0.39 is 11.2 Å². The van der Waals surface area contributed by atoms with Crippen LogP contribution >= 0.6 is 11.8 Å². The second-order valence-corrected chi connectivity index (χ2v) is 8.67. The first-order chi connectivity index (χ1) is 15.5. The summed E-state index contributed by atoms with van der Waals surface area (Å²) in [5, 5.41) is 13.6. The number of nitrogens with zero attached hydrogens (tertiary/aromatic N) is 2. The van der Waals surface area contributed by atoms with E-state index in [0.717, 1.165) is 22.9 Å². The summed E-state index contributed by atoms with van der Waals surface area (Å²) in [5.41, 5.74) is 0.777. The van der Waals surface area contributed by atoms with Gasteiger partial charge in [0.25, 0.3) is 0 Å². The standard InChI is InChI=1S/C24H27N3O4S/c1-2-15-27-23(31)20(16-21(28)25-14-7-3-4-13-22(29)30)32-24(27)26-19-12-8-10-17-9-5-6-11-18(17)19/h2,5-6,8-12,20H,1,3-4,7,13-16H2,(H,25,28)(H,29,30). The van der Waals surface area contributed by atoms with Crippen molar-refractivity contribution in [2.24, 2.45) is 4.99 Å². The molecule has 0 aromatic heterocycles. The number of benzene rings is 2. The number of fused-ring (bicyclic) bond motifs is 1. The van der Waals surface area contributed by atoms with Gasteiger partial charge in [-0.05, 0) is 24.3 Å². The summed E-state index contributed by atoms with van der Waals surface area (Å²) in [5.74, 6) is -1.15. The van der Waals surface area contributed by atoms with Gasteiger partial charge in [-0.25, -0.2) is 4.99 Å². The molecular weight excluding hydrogens is 426 g/mol. The molecule has 168 valence electrons. The number of hydrogen-bond acceptors (Lipinski definition) is 5. The van der Waals surface area contributed by atoms with E-state index in [0.29, 0.717) is 31.1 Å². The van der Waals surface area contributed by atoms with Crippen LogP contribution in [-0.4, -0.2) is 51.3 Å². The van der Waals surface area contributed by atoms with Crippen molar-refractivity contribution >= 4 is 51.2 Å². The second kappa shape index (κ2) is 11.5. The molecule has 2 N–H and O–H groups in total. The van der Waals surface area contributed by atoms with Crippen molar-refractivity contribution in [3.8, 4) is 0 Å². The molecule has 0 saturated carbocycles. The van der Waals surface area contributed by atoms with Gasteiger partial charge >= 0.3 is 5.97 Å². The third kappa shape index (κ3) is 6.20. The highest BCUT2D eigenvalue weighted by atomic mass is 32.2. The van der Waals surface area contributed by atoms with E-state index in [4.69, 9.17) is 10.1 Å². The lowest BCUT2D eigenvalue weighted by Gasteiger charge is -2.14. The van der Waals surface area contributed by atoms with Gasteiger partial charge in [0.15, 0.2) is 5.17 Å². The number of thioether (sulfide) groups is 1. The molecule has 1 atom stereocenters. The number of carboxylic acids is 1. The lowest BCUT2D eigenvalue weighted by molar-refractivity contribution is -0.137.